The van der Waals surface area contributed by atoms with Crippen LogP contribution in [0, 0.1) is 0 Å². The van der Waals surface area contributed by atoms with Crippen LogP contribution < -0.4 is 0 Å². The standard InChI is InChI=1S/C18H21N3OS/c1-2-7-20-16(5-1)10-21-13-18(14-21)8-17(12-23-18)22-11-15-4-3-6-19-9-15/h1-7,9,17H,8,10-14H2/t17-/m1/s1. The molecule has 2 aliphatic rings. The molecule has 4 rings (SSSR count). The molecule has 2 aliphatic heterocycles. The summed E-state index contributed by atoms with van der Waals surface area (Å²) in [6.07, 6.45) is 7.09. The third-order valence-electron chi connectivity index (χ3n) is 4.52. The van der Waals surface area contributed by atoms with E-state index in [1.807, 2.05) is 24.5 Å². The molecule has 2 aromatic heterocycles. The second-order valence-corrected chi connectivity index (χ2v) is 7.95. The van der Waals surface area contributed by atoms with Gasteiger partial charge in [0.05, 0.1) is 18.4 Å². The van der Waals surface area contributed by atoms with Gasteiger partial charge in [0.25, 0.3) is 0 Å². The van der Waals surface area contributed by atoms with Gasteiger partial charge in [0.1, 0.15) is 0 Å². The van der Waals surface area contributed by atoms with Crippen molar-refractivity contribution < 1.29 is 4.74 Å². The minimum Gasteiger partial charge on any atom is -0.373 e. The van der Waals surface area contributed by atoms with E-state index < -0.39 is 0 Å². The summed E-state index contributed by atoms with van der Waals surface area (Å²) in [6, 6.07) is 10.2. The summed E-state index contributed by atoms with van der Waals surface area (Å²) in [4.78, 5) is 11.0. The highest BCUT2D eigenvalue weighted by Crippen LogP contribution is 2.46. The van der Waals surface area contributed by atoms with Crippen molar-refractivity contribution in [1.29, 1.82) is 0 Å². The van der Waals surface area contributed by atoms with Crippen molar-refractivity contribution in [3.63, 3.8) is 0 Å². The smallest absolute Gasteiger partial charge is 0.0736 e. The van der Waals surface area contributed by atoms with Crippen molar-refractivity contribution in [3.05, 3.63) is 60.2 Å². The zero-order chi connectivity index (χ0) is 15.5. The quantitative estimate of drug-likeness (QED) is 0.844. The summed E-state index contributed by atoms with van der Waals surface area (Å²) >= 11 is 2.09. The molecule has 2 fully saturated rings. The molecule has 2 aromatic rings. The molecule has 1 atom stereocenters. The Morgan fingerprint density at radius 3 is 2.96 bits per heavy atom. The second kappa shape index (κ2) is 6.59. The van der Waals surface area contributed by atoms with E-state index in [2.05, 4.69) is 44.8 Å². The molecule has 5 heteroatoms. The van der Waals surface area contributed by atoms with Gasteiger partial charge in [-0.15, -0.1) is 11.8 Å². The number of hydrogen-bond acceptors (Lipinski definition) is 5. The van der Waals surface area contributed by atoms with Crippen LogP contribution in [-0.4, -0.2) is 44.6 Å². The van der Waals surface area contributed by atoms with Gasteiger partial charge in [-0.2, -0.15) is 0 Å². The molecule has 0 radical (unpaired) electrons. The zero-order valence-electron chi connectivity index (χ0n) is 13.1. The molecule has 0 saturated carbocycles. The van der Waals surface area contributed by atoms with E-state index in [0.29, 0.717) is 17.5 Å². The van der Waals surface area contributed by atoms with Gasteiger partial charge in [0.15, 0.2) is 0 Å². The lowest BCUT2D eigenvalue weighted by atomic mass is 9.93. The van der Waals surface area contributed by atoms with Crippen LogP contribution in [0.1, 0.15) is 17.7 Å². The maximum absolute atomic E-state index is 6.08. The number of likely N-dealkylation sites (tertiary alicyclic amines) is 1. The van der Waals surface area contributed by atoms with Crippen LogP contribution in [0.4, 0.5) is 0 Å². The SMILES string of the molecule is c1ccc(CN2CC3(C[C@@H](OCc4cccnc4)CS3)C2)nc1. The first-order valence-corrected chi connectivity index (χ1v) is 9.07. The van der Waals surface area contributed by atoms with Gasteiger partial charge in [0.2, 0.25) is 0 Å². The molecular formula is C18H21N3OS. The van der Waals surface area contributed by atoms with E-state index in [1.165, 1.54) is 0 Å². The van der Waals surface area contributed by atoms with E-state index in [1.54, 1.807) is 6.20 Å². The lowest BCUT2D eigenvalue weighted by molar-refractivity contribution is 0.0260. The average Bonchev–Trinajstić information content (AvgIpc) is 2.99. The Kier molecular flexibility index (Phi) is 4.33. The molecule has 23 heavy (non-hydrogen) atoms. The lowest BCUT2D eigenvalue weighted by Crippen LogP contribution is -2.58. The van der Waals surface area contributed by atoms with Crippen molar-refractivity contribution in [2.45, 2.75) is 30.4 Å². The maximum atomic E-state index is 6.08. The van der Waals surface area contributed by atoms with E-state index >= 15 is 0 Å². The van der Waals surface area contributed by atoms with Gasteiger partial charge in [-0.1, -0.05) is 12.1 Å². The Morgan fingerprint density at radius 1 is 1.22 bits per heavy atom. The highest BCUT2D eigenvalue weighted by molar-refractivity contribution is 8.01. The molecule has 0 unspecified atom stereocenters. The minimum atomic E-state index is 0.372. The van der Waals surface area contributed by atoms with Gasteiger partial charge >= 0.3 is 0 Å². The van der Waals surface area contributed by atoms with Crippen molar-refractivity contribution in [2.24, 2.45) is 0 Å². The van der Waals surface area contributed by atoms with E-state index in [4.69, 9.17) is 4.74 Å². The number of rotatable bonds is 5. The van der Waals surface area contributed by atoms with Crippen molar-refractivity contribution >= 4 is 11.8 Å². The monoisotopic (exact) mass is 327 g/mol. The maximum Gasteiger partial charge on any atom is 0.0736 e. The molecule has 0 aromatic carbocycles. The number of aromatic nitrogens is 2. The van der Waals surface area contributed by atoms with E-state index in [-0.39, 0.29) is 0 Å². The highest BCUT2D eigenvalue weighted by Gasteiger charge is 2.49. The molecular weight excluding hydrogens is 306 g/mol. The molecule has 0 bridgehead atoms. The molecule has 120 valence electrons. The lowest BCUT2D eigenvalue weighted by Gasteiger charge is -2.47. The number of thioether (sulfide) groups is 1. The van der Waals surface area contributed by atoms with Gasteiger partial charge < -0.3 is 4.74 Å². The normalized spacial score (nSPS) is 23.0. The predicted molar refractivity (Wildman–Crippen MR) is 92.1 cm³/mol. The molecule has 4 nitrogen and oxygen atoms in total. The Balaban J connectivity index is 1.24. The Hall–Kier alpha value is -1.43. The predicted octanol–water partition coefficient (Wildman–Crippen LogP) is 2.75. The third-order valence-corrected chi connectivity index (χ3v) is 6.09. The first-order valence-electron chi connectivity index (χ1n) is 8.08. The highest BCUT2D eigenvalue weighted by atomic mass is 32.2. The van der Waals surface area contributed by atoms with Gasteiger partial charge in [-0.3, -0.25) is 14.9 Å². The topological polar surface area (TPSA) is 38.2 Å². The van der Waals surface area contributed by atoms with Gasteiger partial charge in [-0.05, 0) is 30.2 Å². The molecule has 2 saturated heterocycles. The summed E-state index contributed by atoms with van der Waals surface area (Å²) in [6.45, 7) is 3.94. The summed E-state index contributed by atoms with van der Waals surface area (Å²) in [5.74, 6) is 1.11. The summed E-state index contributed by atoms with van der Waals surface area (Å²) in [5.41, 5.74) is 2.32. The number of nitrogens with zero attached hydrogens (tertiary/aromatic N) is 3. The summed E-state index contributed by atoms with van der Waals surface area (Å²) < 4.78 is 6.49. The summed E-state index contributed by atoms with van der Waals surface area (Å²) in [5, 5.41) is 0. The number of hydrogen-bond donors (Lipinski definition) is 0. The molecule has 0 amide bonds. The van der Waals surface area contributed by atoms with Crippen LogP contribution in [0.3, 0.4) is 0 Å². The number of pyridine rings is 2. The first-order chi connectivity index (χ1) is 11.3. The van der Waals surface area contributed by atoms with Crippen LogP contribution in [0.25, 0.3) is 0 Å². The van der Waals surface area contributed by atoms with E-state index in [0.717, 1.165) is 43.1 Å². The largest absolute Gasteiger partial charge is 0.373 e. The fourth-order valence-corrected chi connectivity index (χ4v) is 5.03. The molecule has 1 spiro atoms. The first kappa shape index (κ1) is 15.1. The van der Waals surface area contributed by atoms with Gasteiger partial charge in [0, 0.05) is 48.7 Å². The Bertz CT molecular complexity index is 631. The zero-order valence-corrected chi connectivity index (χ0v) is 13.9. The Labute approximate surface area is 141 Å². The van der Waals surface area contributed by atoms with Crippen LogP contribution in [0.2, 0.25) is 0 Å². The minimum absolute atomic E-state index is 0.372. The van der Waals surface area contributed by atoms with E-state index in [9.17, 15) is 0 Å². The van der Waals surface area contributed by atoms with Crippen molar-refractivity contribution in [2.75, 3.05) is 18.8 Å². The van der Waals surface area contributed by atoms with Crippen molar-refractivity contribution in [3.8, 4) is 0 Å². The third kappa shape index (κ3) is 3.57. The fraction of sp³-hybridized carbons (Fsp3) is 0.444. The second-order valence-electron chi connectivity index (χ2n) is 6.46. The van der Waals surface area contributed by atoms with Crippen LogP contribution in [-0.2, 0) is 17.9 Å². The Morgan fingerprint density at radius 2 is 2.17 bits per heavy atom. The fourth-order valence-electron chi connectivity index (χ4n) is 3.43. The summed E-state index contributed by atoms with van der Waals surface area (Å²) in [7, 11) is 0. The van der Waals surface area contributed by atoms with Crippen LogP contribution >= 0.6 is 11.8 Å². The number of ether oxygens (including phenoxy) is 1. The van der Waals surface area contributed by atoms with Gasteiger partial charge in [-0.25, -0.2) is 0 Å². The molecule has 0 aliphatic carbocycles. The van der Waals surface area contributed by atoms with Crippen LogP contribution in [0.15, 0.2) is 48.9 Å². The average molecular weight is 327 g/mol. The molecule has 0 N–H and O–H groups in total. The molecule has 4 heterocycles. The van der Waals surface area contributed by atoms with Crippen LogP contribution in [0.5, 0.6) is 0 Å². The van der Waals surface area contributed by atoms with Crippen molar-refractivity contribution in [1.82, 2.24) is 14.9 Å².